The standard InChI is InChI=1S/C12H13N3O3/c1-3-18-12-6-10(15(16)17)4-5-11(12)14-7-9(2)13-8-14/h4-8H,3H2,1-2H3. The van der Waals surface area contributed by atoms with Crippen LogP contribution in [0, 0.1) is 17.0 Å². The van der Waals surface area contributed by atoms with Crippen molar-refractivity contribution in [1.29, 1.82) is 0 Å². The Morgan fingerprint density at radius 3 is 2.83 bits per heavy atom. The van der Waals surface area contributed by atoms with Crippen molar-refractivity contribution in [3.05, 3.63) is 46.5 Å². The molecule has 0 unspecified atom stereocenters. The highest BCUT2D eigenvalue weighted by atomic mass is 16.6. The maximum Gasteiger partial charge on any atom is 0.273 e. The van der Waals surface area contributed by atoms with Crippen molar-refractivity contribution >= 4 is 5.69 Å². The van der Waals surface area contributed by atoms with Gasteiger partial charge in [0.15, 0.2) is 0 Å². The van der Waals surface area contributed by atoms with Gasteiger partial charge in [0.25, 0.3) is 5.69 Å². The van der Waals surface area contributed by atoms with Crippen molar-refractivity contribution in [2.24, 2.45) is 0 Å². The number of nitrogens with zero attached hydrogens (tertiary/aromatic N) is 3. The molecule has 18 heavy (non-hydrogen) atoms. The summed E-state index contributed by atoms with van der Waals surface area (Å²) in [6.07, 6.45) is 3.49. The van der Waals surface area contributed by atoms with Crippen LogP contribution in [0.1, 0.15) is 12.6 Å². The summed E-state index contributed by atoms with van der Waals surface area (Å²) in [5.74, 6) is 0.476. The van der Waals surface area contributed by atoms with Gasteiger partial charge in [-0.1, -0.05) is 0 Å². The molecule has 2 rings (SSSR count). The minimum absolute atomic E-state index is 0.0130. The molecule has 0 atom stereocenters. The van der Waals surface area contributed by atoms with Gasteiger partial charge in [0.2, 0.25) is 0 Å². The van der Waals surface area contributed by atoms with Crippen LogP contribution in [-0.4, -0.2) is 21.1 Å². The zero-order chi connectivity index (χ0) is 13.1. The fraction of sp³-hybridized carbons (Fsp3) is 0.250. The number of hydrogen-bond donors (Lipinski definition) is 0. The number of non-ortho nitro benzene ring substituents is 1. The van der Waals surface area contributed by atoms with Crippen LogP contribution >= 0.6 is 0 Å². The molecule has 0 N–H and O–H groups in total. The van der Waals surface area contributed by atoms with Gasteiger partial charge in [0.1, 0.15) is 5.75 Å². The zero-order valence-electron chi connectivity index (χ0n) is 10.2. The van der Waals surface area contributed by atoms with Gasteiger partial charge in [-0.3, -0.25) is 10.1 Å². The number of aromatic nitrogens is 2. The minimum atomic E-state index is -0.439. The summed E-state index contributed by atoms with van der Waals surface area (Å²) in [5.41, 5.74) is 1.62. The molecule has 94 valence electrons. The monoisotopic (exact) mass is 247 g/mol. The molecule has 0 aliphatic rings. The van der Waals surface area contributed by atoms with Gasteiger partial charge < -0.3 is 9.30 Å². The van der Waals surface area contributed by atoms with Gasteiger partial charge >= 0.3 is 0 Å². The predicted octanol–water partition coefficient (Wildman–Crippen LogP) is 2.49. The third-order valence-electron chi connectivity index (χ3n) is 2.44. The Morgan fingerprint density at radius 2 is 2.28 bits per heavy atom. The topological polar surface area (TPSA) is 70.2 Å². The first kappa shape index (κ1) is 12.1. The Kier molecular flexibility index (Phi) is 3.27. The second-order valence-corrected chi connectivity index (χ2v) is 3.76. The van der Waals surface area contributed by atoms with Crippen molar-refractivity contribution in [3.8, 4) is 11.4 Å². The Labute approximate surface area is 104 Å². The molecule has 0 saturated heterocycles. The third-order valence-corrected chi connectivity index (χ3v) is 2.44. The van der Waals surface area contributed by atoms with E-state index in [0.717, 1.165) is 11.4 Å². The van der Waals surface area contributed by atoms with E-state index in [2.05, 4.69) is 4.98 Å². The fourth-order valence-electron chi connectivity index (χ4n) is 1.65. The summed E-state index contributed by atoms with van der Waals surface area (Å²) in [7, 11) is 0. The molecule has 2 aromatic rings. The Morgan fingerprint density at radius 1 is 1.50 bits per heavy atom. The van der Waals surface area contributed by atoms with E-state index in [1.54, 1.807) is 17.0 Å². The number of benzene rings is 1. The van der Waals surface area contributed by atoms with Crippen LogP contribution in [0.2, 0.25) is 0 Å². The first-order chi connectivity index (χ1) is 8.61. The van der Waals surface area contributed by atoms with Crippen LogP contribution in [0.4, 0.5) is 5.69 Å². The molecule has 0 bridgehead atoms. The smallest absolute Gasteiger partial charge is 0.273 e. The summed E-state index contributed by atoms with van der Waals surface area (Å²) in [6.45, 7) is 4.16. The van der Waals surface area contributed by atoms with Gasteiger partial charge in [0.05, 0.1) is 35.3 Å². The molecule has 0 radical (unpaired) electrons. The number of ether oxygens (including phenoxy) is 1. The predicted molar refractivity (Wildman–Crippen MR) is 66.1 cm³/mol. The molecule has 6 nitrogen and oxygen atoms in total. The third kappa shape index (κ3) is 2.32. The maximum absolute atomic E-state index is 10.7. The average Bonchev–Trinajstić information content (AvgIpc) is 2.76. The van der Waals surface area contributed by atoms with Gasteiger partial charge in [-0.15, -0.1) is 0 Å². The van der Waals surface area contributed by atoms with E-state index >= 15 is 0 Å². The lowest BCUT2D eigenvalue weighted by atomic mass is 10.2. The second kappa shape index (κ2) is 4.87. The van der Waals surface area contributed by atoms with Gasteiger partial charge in [-0.05, 0) is 19.9 Å². The van der Waals surface area contributed by atoms with Crippen LogP contribution in [0.25, 0.3) is 5.69 Å². The van der Waals surface area contributed by atoms with Crippen LogP contribution in [0.15, 0.2) is 30.7 Å². The summed E-state index contributed by atoms with van der Waals surface area (Å²) >= 11 is 0. The number of rotatable bonds is 4. The molecule has 1 aromatic carbocycles. The fourth-order valence-corrected chi connectivity index (χ4v) is 1.65. The SMILES string of the molecule is CCOc1cc([N+](=O)[O-])ccc1-n1cnc(C)c1. The highest BCUT2D eigenvalue weighted by Gasteiger charge is 2.13. The van der Waals surface area contributed by atoms with Crippen LogP contribution in [0.5, 0.6) is 5.75 Å². The molecule has 0 aliphatic heterocycles. The van der Waals surface area contributed by atoms with Crippen molar-refractivity contribution < 1.29 is 9.66 Å². The van der Waals surface area contributed by atoms with E-state index in [9.17, 15) is 10.1 Å². The average molecular weight is 247 g/mol. The van der Waals surface area contributed by atoms with Crippen molar-refractivity contribution in [2.45, 2.75) is 13.8 Å². The van der Waals surface area contributed by atoms with Gasteiger partial charge in [0, 0.05) is 12.3 Å². The minimum Gasteiger partial charge on any atom is -0.491 e. The summed E-state index contributed by atoms with van der Waals surface area (Å²) in [4.78, 5) is 14.4. The molecule has 0 spiro atoms. The number of hydrogen-bond acceptors (Lipinski definition) is 4. The Balaban J connectivity index is 2.49. The molecule has 6 heteroatoms. The highest BCUT2D eigenvalue weighted by molar-refractivity contribution is 5.53. The number of nitro benzene ring substituents is 1. The maximum atomic E-state index is 10.7. The Hall–Kier alpha value is -2.37. The second-order valence-electron chi connectivity index (χ2n) is 3.76. The van der Waals surface area contributed by atoms with Crippen molar-refractivity contribution in [2.75, 3.05) is 6.61 Å². The van der Waals surface area contributed by atoms with Gasteiger partial charge in [-0.2, -0.15) is 0 Å². The number of nitro groups is 1. The van der Waals surface area contributed by atoms with E-state index in [1.165, 1.54) is 12.1 Å². The van der Waals surface area contributed by atoms with Crippen LogP contribution < -0.4 is 4.74 Å². The molecule has 0 fully saturated rings. The Bertz CT molecular complexity index is 578. The molecule has 0 amide bonds. The van der Waals surface area contributed by atoms with Crippen molar-refractivity contribution in [1.82, 2.24) is 9.55 Å². The molecule has 1 heterocycles. The lowest BCUT2D eigenvalue weighted by molar-refractivity contribution is -0.384. The lowest BCUT2D eigenvalue weighted by Crippen LogP contribution is -2.00. The van der Waals surface area contributed by atoms with E-state index in [4.69, 9.17) is 4.74 Å². The summed E-state index contributed by atoms with van der Waals surface area (Å²) in [5, 5.41) is 10.7. The normalized spacial score (nSPS) is 10.3. The molecule has 0 aliphatic carbocycles. The molecule has 1 aromatic heterocycles. The zero-order valence-corrected chi connectivity index (χ0v) is 10.2. The molecule has 0 saturated carbocycles. The first-order valence-corrected chi connectivity index (χ1v) is 5.54. The lowest BCUT2D eigenvalue weighted by Gasteiger charge is -2.10. The molecular formula is C12H13N3O3. The van der Waals surface area contributed by atoms with Crippen LogP contribution in [-0.2, 0) is 0 Å². The number of imidazole rings is 1. The van der Waals surface area contributed by atoms with Gasteiger partial charge in [-0.25, -0.2) is 4.98 Å². The largest absolute Gasteiger partial charge is 0.491 e. The summed E-state index contributed by atoms with van der Waals surface area (Å²) < 4.78 is 7.22. The van der Waals surface area contributed by atoms with Crippen molar-refractivity contribution in [3.63, 3.8) is 0 Å². The van der Waals surface area contributed by atoms with E-state index in [-0.39, 0.29) is 5.69 Å². The molecular weight excluding hydrogens is 234 g/mol. The summed E-state index contributed by atoms with van der Waals surface area (Å²) in [6, 6.07) is 4.53. The quantitative estimate of drug-likeness (QED) is 0.614. The first-order valence-electron chi connectivity index (χ1n) is 5.54. The number of aryl methyl sites for hydroxylation is 1. The van der Waals surface area contributed by atoms with Crippen LogP contribution in [0.3, 0.4) is 0 Å². The van der Waals surface area contributed by atoms with E-state index in [0.29, 0.717) is 12.4 Å². The van der Waals surface area contributed by atoms with E-state index in [1.807, 2.05) is 20.0 Å². The van der Waals surface area contributed by atoms with E-state index < -0.39 is 4.92 Å². The highest BCUT2D eigenvalue weighted by Crippen LogP contribution is 2.28.